The van der Waals surface area contributed by atoms with Crippen LogP contribution in [0.4, 0.5) is 0 Å². The molecular weight excluding hydrogens is 88.1 g/mol. The van der Waals surface area contributed by atoms with E-state index in [0.717, 1.165) is 0 Å². The van der Waals surface area contributed by atoms with Crippen LogP contribution in [0.25, 0.3) is 0 Å². The number of aliphatic imine (C=N–C) groups is 1. The number of nitrogens with one attached hydrogen (secondary N) is 1. The Kier molecular flexibility index (Phi) is 0.833. The molecule has 2 nitrogen and oxygen atoms in total. The van der Waals surface area contributed by atoms with Gasteiger partial charge in [-0.25, -0.2) is 5.32 Å². The van der Waals surface area contributed by atoms with Gasteiger partial charge in [-0.1, -0.05) is 0 Å². The Morgan fingerprint density at radius 2 is 2.71 bits per heavy atom. The van der Waals surface area contributed by atoms with Gasteiger partial charge < -0.3 is 0 Å². The van der Waals surface area contributed by atoms with E-state index in [1.165, 1.54) is 0 Å². The van der Waals surface area contributed by atoms with E-state index in [9.17, 15) is 0 Å². The number of hydrogen-bond acceptors (Lipinski definition) is 2. The molecular formula is C5H3N2+. The van der Waals surface area contributed by atoms with Crippen LogP contribution < -0.4 is 10.3 Å². The highest BCUT2D eigenvalue weighted by atomic mass is 15.0. The largest absolute Gasteiger partial charge is 0.375 e. The molecule has 2 radical (unpaired) electrons. The molecule has 0 saturated carbocycles. The van der Waals surface area contributed by atoms with Gasteiger partial charge in [-0.2, -0.15) is 0 Å². The summed E-state index contributed by atoms with van der Waals surface area (Å²) in [6, 6.07) is 0. The van der Waals surface area contributed by atoms with Crippen molar-refractivity contribution in [2.75, 3.05) is 0 Å². The van der Waals surface area contributed by atoms with Gasteiger partial charge in [-0.3, -0.25) is 0 Å². The van der Waals surface area contributed by atoms with Crippen LogP contribution in [0.1, 0.15) is 0 Å². The van der Waals surface area contributed by atoms with Gasteiger partial charge in [-0.05, 0) is 11.4 Å². The maximum atomic E-state index is 6.52. The summed E-state index contributed by atoms with van der Waals surface area (Å²) >= 11 is 0. The third-order valence-corrected chi connectivity index (χ3v) is 0.617. The Morgan fingerprint density at radius 1 is 1.86 bits per heavy atom. The van der Waals surface area contributed by atoms with Crippen molar-refractivity contribution in [3.8, 4) is 5.92 Å². The lowest BCUT2D eigenvalue weighted by atomic mass is 10.6. The summed E-state index contributed by atoms with van der Waals surface area (Å²) in [6.45, 7) is 0. The van der Waals surface area contributed by atoms with Crippen molar-refractivity contribution in [2.45, 2.75) is 0 Å². The van der Waals surface area contributed by atoms with Crippen molar-refractivity contribution in [3.05, 3.63) is 18.8 Å². The zero-order chi connectivity index (χ0) is 5.11. The molecule has 1 rings (SSSR count). The summed E-state index contributed by atoms with van der Waals surface area (Å²) < 4.78 is 0. The normalized spacial score (nSPS) is 15.0. The maximum absolute atomic E-state index is 6.52. The van der Waals surface area contributed by atoms with Crippen molar-refractivity contribution in [3.63, 3.8) is 0 Å². The fraction of sp³-hybridized carbons (Fsp3) is 0. The van der Waals surface area contributed by atoms with Gasteiger partial charge in [0.2, 0.25) is 0 Å². The van der Waals surface area contributed by atoms with Crippen LogP contribution in [0.2, 0.25) is 0 Å². The second-order valence-corrected chi connectivity index (χ2v) is 1.06. The summed E-state index contributed by atoms with van der Waals surface area (Å²) in [4.78, 5) is 3.68. The summed E-state index contributed by atoms with van der Waals surface area (Å²) in [6.07, 6.45) is 9.75. The molecule has 1 N–H and O–H groups in total. The quantitative estimate of drug-likeness (QED) is 0.395. The first-order chi connectivity index (χ1) is 3.43. The van der Waals surface area contributed by atoms with E-state index in [0.29, 0.717) is 5.84 Å². The van der Waals surface area contributed by atoms with Crippen LogP contribution in [0.5, 0.6) is 0 Å². The fourth-order valence-electron chi connectivity index (χ4n) is 0.334. The Balaban J connectivity index is 2.67. The Labute approximate surface area is 41.9 Å². The molecule has 1 aliphatic rings. The predicted octanol–water partition coefficient (Wildman–Crippen LogP) is -0.615. The van der Waals surface area contributed by atoms with Crippen LogP contribution in [0, 0.1) is 12.3 Å². The third-order valence-electron chi connectivity index (χ3n) is 0.617. The molecule has 0 atom stereocenters. The first-order valence-corrected chi connectivity index (χ1v) is 1.85. The van der Waals surface area contributed by atoms with Crippen LogP contribution in [0.3, 0.4) is 0 Å². The number of hydrogen-bond donors (Lipinski definition) is 1. The summed E-state index contributed by atoms with van der Waals surface area (Å²) in [7, 11) is 0. The van der Waals surface area contributed by atoms with E-state index in [1.807, 2.05) is 0 Å². The molecule has 2 heteroatoms. The van der Waals surface area contributed by atoms with Gasteiger partial charge in [0.1, 0.15) is 6.20 Å². The van der Waals surface area contributed by atoms with Gasteiger partial charge in [0.15, 0.2) is 6.20 Å². The zero-order valence-electron chi connectivity index (χ0n) is 3.60. The Morgan fingerprint density at radius 3 is 3.00 bits per heavy atom. The molecule has 0 spiro atoms. The average molecular weight is 91.1 g/mol. The maximum Gasteiger partial charge on any atom is 0.375 e. The lowest BCUT2D eigenvalue weighted by molar-refractivity contribution is 1.33. The highest BCUT2D eigenvalue weighted by Crippen LogP contribution is 1.71. The van der Waals surface area contributed by atoms with Gasteiger partial charge in [0.25, 0.3) is 0 Å². The molecule has 0 aromatic rings. The standard InChI is InChI=1S/C5H3N2/c1-2-5-6-3-4-7-5/h3-4,6H/q+1. The average Bonchev–Trinajstić information content (AvgIpc) is 2.14. The SMILES string of the molecule is [C]#CC1=[N+]C=CN1. The Bertz CT molecular complexity index is 159. The monoisotopic (exact) mass is 91.0 g/mol. The Hall–Kier alpha value is -1.23. The molecule has 1 heterocycles. The molecule has 0 aromatic heterocycles. The topological polar surface area (TPSA) is 26.1 Å². The second-order valence-electron chi connectivity index (χ2n) is 1.06. The van der Waals surface area contributed by atoms with E-state index in [4.69, 9.17) is 6.42 Å². The van der Waals surface area contributed by atoms with Gasteiger partial charge in [0.05, 0.1) is 0 Å². The van der Waals surface area contributed by atoms with Crippen LogP contribution >= 0.6 is 0 Å². The van der Waals surface area contributed by atoms with Crippen LogP contribution in [0.15, 0.2) is 12.4 Å². The minimum Gasteiger partial charge on any atom is -0.233 e. The minimum atomic E-state index is 0.472. The van der Waals surface area contributed by atoms with Gasteiger partial charge in [0, 0.05) is 5.92 Å². The van der Waals surface area contributed by atoms with E-state index < -0.39 is 0 Å². The van der Waals surface area contributed by atoms with E-state index in [1.54, 1.807) is 12.4 Å². The molecule has 0 aliphatic carbocycles. The molecule has 0 saturated heterocycles. The van der Waals surface area contributed by atoms with E-state index in [-0.39, 0.29) is 0 Å². The summed E-state index contributed by atoms with van der Waals surface area (Å²) in [5, 5.41) is 2.68. The van der Waals surface area contributed by atoms with Crippen molar-refractivity contribution < 1.29 is 0 Å². The van der Waals surface area contributed by atoms with Gasteiger partial charge in [-0.15, -0.1) is 0 Å². The zero-order valence-corrected chi connectivity index (χ0v) is 3.60. The first-order valence-electron chi connectivity index (χ1n) is 1.85. The second kappa shape index (κ2) is 1.48. The highest BCUT2D eigenvalue weighted by molar-refractivity contribution is 5.98. The lowest BCUT2D eigenvalue weighted by Crippen LogP contribution is -2.12. The fourth-order valence-corrected chi connectivity index (χ4v) is 0.334. The first kappa shape index (κ1) is 3.94. The summed E-state index contributed by atoms with van der Waals surface area (Å²) in [5.41, 5.74) is 0. The molecule has 0 bridgehead atoms. The van der Waals surface area contributed by atoms with E-state index >= 15 is 0 Å². The third kappa shape index (κ3) is 0.606. The minimum absolute atomic E-state index is 0.472. The molecule has 0 aromatic carbocycles. The predicted molar refractivity (Wildman–Crippen MR) is 26.5 cm³/mol. The van der Waals surface area contributed by atoms with Crippen molar-refractivity contribution in [2.24, 2.45) is 0 Å². The summed E-state index contributed by atoms with van der Waals surface area (Å²) in [5.74, 6) is 2.56. The number of nitrogens with zero attached hydrogens (tertiary/aromatic N) is 1. The molecule has 7 heavy (non-hydrogen) atoms. The van der Waals surface area contributed by atoms with Crippen molar-refractivity contribution in [1.29, 1.82) is 0 Å². The van der Waals surface area contributed by atoms with E-state index in [2.05, 4.69) is 16.2 Å². The number of amidine groups is 1. The van der Waals surface area contributed by atoms with Crippen LogP contribution in [-0.2, 0) is 0 Å². The lowest BCUT2D eigenvalue weighted by Gasteiger charge is -1.69. The van der Waals surface area contributed by atoms with Gasteiger partial charge >= 0.3 is 5.84 Å². The molecule has 0 unspecified atom stereocenters. The highest BCUT2D eigenvalue weighted by Gasteiger charge is 2.04. The molecule has 1 aliphatic heterocycles. The smallest absolute Gasteiger partial charge is 0.233 e. The molecule has 0 fully saturated rings. The molecule has 0 amide bonds. The van der Waals surface area contributed by atoms with Crippen LogP contribution in [-0.4, -0.2) is 5.84 Å². The van der Waals surface area contributed by atoms with Crippen molar-refractivity contribution >= 4 is 5.84 Å². The number of rotatable bonds is 0. The molecule has 32 valence electrons. The van der Waals surface area contributed by atoms with Crippen molar-refractivity contribution in [1.82, 2.24) is 10.3 Å².